The number of ketones is 1. The molecular weight excluding hydrogens is 208 g/mol. The minimum Gasteiger partial charge on any atom is -0.496 e. The monoisotopic (exact) mass is 224 g/mol. The highest BCUT2D eigenvalue weighted by Crippen LogP contribution is 2.24. The lowest BCUT2D eigenvalue weighted by molar-refractivity contribution is 0.102. The Morgan fingerprint density at radius 1 is 1.33 bits per heavy atom. The van der Waals surface area contributed by atoms with E-state index in [9.17, 15) is 4.79 Å². The van der Waals surface area contributed by atoms with Crippen LogP contribution in [0.1, 0.15) is 21.5 Å². The van der Waals surface area contributed by atoms with E-state index in [0.717, 1.165) is 22.4 Å². The molecule has 0 radical (unpaired) electrons. The number of Topliss-reactive ketones (excluding diaryl/α,β-unsaturated/α-hetero) is 1. The SMILES string of the molecule is COc1ccc(C(=O)CSC)c(C)c1C. The number of benzene rings is 1. The van der Waals surface area contributed by atoms with Gasteiger partial charge in [-0.2, -0.15) is 11.8 Å². The van der Waals surface area contributed by atoms with Crippen molar-refractivity contribution in [1.29, 1.82) is 0 Å². The van der Waals surface area contributed by atoms with E-state index in [1.807, 2.05) is 32.2 Å². The zero-order chi connectivity index (χ0) is 11.4. The third-order valence-corrected chi connectivity index (χ3v) is 3.08. The van der Waals surface area contributed by atoms with E-state index in [-0.39, 0.29) is 5.78 Å². The average Bonchev–Trinajstić information content (AvgIpc) is 2.22. The number of ether oxygens (including phenoxy) is 1. The Morgan fingerprint density at radius 2 is 2.00 bits per heavy atom. The molecular formula is C12H16O2S. The van der Waals surface area contributed by atoms with Crippen molar-refractivity contribution in [2.45, 2.75) is 13.8 Å². The Balaban J connectivity index is 3.11. The van der Waals surface area contributed by atoms with E-state index < -0.39 is 0 Å². The largest absolute Gasteiger partial charge is 0.496 e. The van der Waals surface area contributed by atoms with Gasteiger partial charge in [0.15, 0.2) is 5.78 Å². The molecule has 0 unspecified atom stereocenters. The summed E-state index contributed by atoms with van der Waals surface area (Å²) in [6, 6.07) is 3.70. The molecule has 0 aliphatic heterocycles. The second-order valence-electron chi connectivity index (χ2n) is 3.42. The Hall–Kier alpha value is -0.960. The first kappa shape index (κ1) is 12.1. The highest BCUT2D eigenvalue weighted by atomic mass is 32.2. The van der Waals surface area contributed by atoms with Gasteiger partial charge in [0.2, 0.25) is 0 Å². The molecule has 3 heteroatoms. The van der Waals surface area contributed by atoms with Crippen LogP contribution in [0.5, 0.6) is 5.75 Å². The van der Waals surface area contributed by atoms with Crippen molar-refractivity contribution in [2.75, 3.05) is 19.1 Å². The predicted octanol–water partition coefficient (Wildman–Crippen LogP) is 2.86. The molecule has 0 bridgehead atoms. The average molecular weight is 224 g/mol. The van der Waals surface area contributed by atoms with Crippen molar-refractivity contribution in [1.82, 2.24) is 0 Å². The maximum atomic E-state index is 11.8. The highest BCUT2D eigenvalue weighted by Gasteiger charge is 2.12. The smallest absolute Gasteiger partial charge is 0.172 e. The molecule has 0 aromatic heterocycles. The summed E-state index contributed by atoms with van der Waals surface area (Å²) in [6.45, 7) is 3.94. The normalized spacial score (nSPS) is 10.1. The van der Waals surface area contributed by atoms with Crippen LogP contribution in [0.2, 0.25) is 0 Å². The Kier molecular flexibility index (Phi) is 4.21. The van der Waals surface area contributed by atoms with E-state index in [0.29, 0.717) is 5.75 Å². The zero-order valence-electron chi connectivity index (χ0n) is 9.59. The third-order valence-electron chi connectivity index (χ3n) is 2.53. The molecule has 1 aromatic rings. The van der Waals surface area contributed by atoms with Crippen molar-refractivity contribution in [2.24, 2.45) is 0 Å². The summed E-state index contributed by atoms with van der Waals surface area (Å²) in [5.41, 5.74) is 2.88. The van der Waals surface area contributed by atoms with Gasteiger partial charge in [-0.25, -0.2) is 0 Å². The maximum Gasteiger partial charge on any atom is 0.172 e. The molecule has 0 spiro atoms. The molecule has 1 rings (SSSR count). The van der Waals surface area contributed by atoms with Gasteiger partial charge in [-0.15, -0.1) is 0 Å². The molecule has 82 valence electrons. The first-order valence-electron chi connectivity index (χ1n) is 4.78. The van der Waals surface area contributed by atoms with Gasteiger partial charge in [-0.3, -0.25) is 4.79 Å². The van der Waals surface area contributed by atoms with Gasteiger partial charge in [0.1, 0.15) is 5.75 Å². The van der Waals surface area contributed by atoms with E-state index in [4.69, 9.17) is 4.74 Å². The lowest BCUT2D eigenvalue weighted by atomic mass is 10.00. The molecule has 0 amide bonds. The fourth-order valence-corrected chi connectivity index (χ4v) is 1.95. The van der Waals surface area contributed by atoms with E-state index in [1.54, 1.807) is 18.9 Å². The number of hydrogen-bond donors (Lipinski definition) is 0. The summed E-state index contributed by atoms with van der Waals surface area (Å²) in [6.07, 6.45) is 1.93. The molecule has 0 saturated carbocycles. The van der Waals surface area contributed by atoms with Gasteiger partial charge >= 0.3 is 0 Å². The van der Waals surface area contributed by atoms with Crippen LogP contribution in [0.4, 0.5) is 0 Å². The summed E-state index contributed by atoms with van der Waals surface area (Å²) in [5.74, 6) is 1.56. The number of thioether (sulfide) groups is 1. The lowest BCUT2D eigenvalue weighted by Crippen LogP contribution is -2.06. The molecule has 0 aliphatic carbocycles. The van der Waals surface area contributed by atoms with Crippen molar-refractivity contribution < 1.29 is 9.53 Å². The molecule has 2 nitrogen and oxygen atoms in total. The van der Waals surface area contributed by atoms with Gasteiger partial charge < -0.3 is 4.74 Å². The van der Waals surface area contributed by atoms with E-state index in [2.05, 4.69) is 0 Å². The van der Waals surface area contributed by atoms with E-state index in [1.165, 1.54) is 0 Å². The molecule has 0 fully saturated rings. The maximum absolute atomic E-state index is 11.8. The molecule has 0 saturated heterocycles. The van der Waals surface area contributed by atoms with Gasteiger partial charge in [0.25, 0.3) is 0 Å². The van der Waals surface area contributed by atoms with Gasteiger partial charge in [-0.1, -0.05) is 0 Å². The molecule has 0 atom stereocenters. The van der Waals surface area contributed by atoms with Crippen LogP contribution in [0, 0.1) is 13.8 Å². The van der Waals surface area contributed by atoms with Crippen molar-refractivity contribution in [3.63, 3.8) is 0 Å². The third kappa shape index (κ3) is 2.53. The predicted molar refractivity (Wildman–Crippen MR) is 65.2 cm³/mol. The standard InChI is InChI=1S/C12H16O2S/c1-8-9(2)12(14-3)6-5-10(8)11(13)7-15-4/h5-6H,7H2,1-4H3. The van der Waals surface area contributed by atoms with Crippen LogP contribution in [-0.2, 0) is 0 Å². The summed E-state index contributed by atoms with van der Waals surface area (Å²) in [4.78, 5) is 11.8. The number of carbonyl (C=O) groups is 1. The quantitative estimate of drug-likeness (QED) is 0.736. The molecule has 0 heterocycles. The van der Waals surface area contributed by atoms with Crippen molar-refractivity contribution in [3.8, 4) is 5.75 Å². The summed E-state index contributed by atoms with van der Waals surface area (Å²) in [5, 5.41) is 0. The van der Waals surface area contributed by atoms with Crippen LogP contribution in [0.25, 0.3) is 0 Å². The fourth-order valence-electron chi connectivity index (χ4n) is 1.53. The Bertz CT molecular complexity index is 372. The van der Waals surface area contributed by atoms with Crippen molar-refractivity contribution >= 4 is 17.5 Å². The van der Waals surface area contributed by atoms with Crippen LogP contribution in [0.15, 0.2) is 12.1 Å². The summed E-state index contributed by atoms with van der Waals surface area (Å²) >= 11 is 1.55. The molecule has 1 aromatic carbocycles. The number of methoxy groups -OCH3 is 1. The Morgan fingerprint density at radius 3 is 2.53 bits per heavy atom. The lowest BCUT2D eigenvalue weighted by Gasteiger charge is -2.11. The number of hydrogen-bond acceptors (Lipinski definition) is 3. The minimum atomic E-state index is 0.186. The first-order valence-corrected chi connectivity index (χ1v) is 6.17. The number of carbonyl (C=O) groups excluding carboxylic acids is 1. The fraction of sp³-hybridized carbons (Fsp3) is 0.417. The topological polar surface area (TPSA) is 26.3 Å². The van der Waals surface area contributed by atoms with Gasteiger partial charge in [0, 0.05) is 5.56 Å². The minimum absolute atomic E-state index is 0.186. The van der Waals surface area contributed by atoms with Gasteiger partial charge in [-0.05, 0) is 43.4 Å². The van der Waals surface area contributed by atoms with Crippen LogP contribution < -0.4 is 4.74 Å². The van der Waals surface area contributed by atoms with Crippen LogP contribution in [0.3, 0.4) is 0 Å². The second-order valence-corrected chi connectivity index (χ2v) is 4.29. The van der Waals surface area contributed by atoms with Gasteiger partial charge in [0.05, 0.1) is 12.9 Å². The molecule has 15 heavy (non-hydrogen) atoms. The number of rotatable bonds is 4. The van der Waals surface area contributed by atoms with Crippen molar-refractivity contribution in [3.05, 3.63) is 28.8 Å². The highest BCUT2D eigenvalue weighted by molar-refractivity contribution is 7.99. The second kappa shape index (κ2) is 5.21. The zero-order valence-corrected chi connectivity index (χ0v) is 10.4. The molecule has 0 N–H and O–H groups in total. The van der Waals surface area contributed by atoms with Crippen LogP contribution >= 0.6 is 11.8 Å². The van der Waals surface area contributed by atoms with Crippen LogP contribution in [-0.4, -0.2) is 24.9 Å². The Labute approximate surface area is 95.0 Å². The molecule has 0 aliphatic rings. The summed E-state index contributed by atoms with van der Waals surface area (Å²) < 4.78 is 5.20. The van der Waals surface area contributed by atoms with E-state index >= 15 is 0 Å². The summed E-state index contributed by atoms with van der Waals surface area (Å²) in [7, 11) is 1.64. The first-order chi connectivity index (χ1) is 7.11.